The van der Waals surface area contributed by atoms with Crippen molar-refractivity contribution in [3.8, 4) is 0 Å². The molecular weight excluding hydrogens is 434 g/mol. The summed E-state index contributed by atoms with van der Waals surface area (Å²) in [5.41, 5.74) is 7.75. The fourth-order valence-electron chi connectivity index (χ4n) is 4.11. The molecule has 6 heteroatoms. The molecule has 0 N–H and O–H groups in total. The Morgan fingerprint density at radius 1 is 0.750 bits per heavy atom. The van der Waals surface area contributed by atoms with Crippen molar-refractivity contribution in [2.24, 2.45) is 9.98 Å². The van der Waals surface area contributed by atoms with Crippen LogP contribution in [-0.4, -0.2) is 19.5 Å². The second-order valence-corrected chi connectivity index (χ2v) is 10.8. The quantitative estimate of drug-likeness (QED) is 0.443. The zero-order valence-corrected chi connectivity index (χ0v) is 19.1. The van der Waals surface area contributed by atoms with E-state index in [-0.39, 0.29) is 51.0 Å². The summed E-state index contributed by atoms with van der Waals surface area (Å²) < 4.78 is 0. The molecule has 0 unspecified atom stereocenters. The molecule has 4 aliphatic rings. The van der Waals surface area contributed by atoms with Gasteiger partial charge in [-0.25, -0.2) is 0 Å². The van der Waals surface area contributed by atoms with Crippen LogP contribution in [0, 0.1) is 0 Å². The van der Waals surface area contributed by atoms with E-state index in [1.807, 2.05) is 12.4 Å². The van der Waals surface area contributed by atoms with Gasteiger partial charge in [0.2, 0.25) is 0 Å². The van der Waals surface area contributed by atoms with Gasteiger partial charge >= 0.3 is 26.2 Å². The maximum Gasteiger partial charge on any atom is 2.00 e. The van der Waals surface area contributed by atoms with Crippen LogP contribution in [0.25, 0.3) is 0 Å². The van der Waals surface area contributed by atoms with Crippen molar-refractivity contribution in [3.63, 3.8) is 0 Å². The molecule has 0 radical (unpaired) electrons. The Kier molecular flexibility index (Phi) is 6.60. The summed E-state index contributed by atoms with van der Waals surface area (Å²) in [7, 11) is -1.78. The summed E-state index contributed by atoms with van der Waals surface area (Å²) in [5, 5.41) is 3.07. The first-order valence-electron chi connectivity index (χ1n) is 7.36. The standard InChI is InChI=1S/C18H18N2Si.2ClH.Zr/c1-11-9-15-13(5-7-19-15)17(11)21(3,4)18-12(2)10-16-14(18)6-8-20-16;;;/h5-10H,1-4H3;2*1H;/q;;;+2/p-2. The number of rotatable bonds is 2. The van der Waals surface area contributed by atoms with Gasteiger partial charge < -0.3 is 24.8 Å². The van der Waals surface area contributed by atoms with Crippen LogP contribution >= 0.6 is 0 Å². The molecule has 2 nitrogen and oxygen atoms in total. The van der Waals surface area contributed by atoms with Crippen LogP contribution < -0.4 is 24.8 Å². The minimum atomic E-state index is -1.78. The topological polar surface area (TPSA) is 24.7 Å². The fourth-order valence-corrected chi connectivity index (χ4v) is 8.25. The Morgan fingerprint density at radius 2 is 1.12 bits per heavy atom. The van der Waals surface area contributed by atoms with Crippen molar-refractivity contribution in [2.45, 2.75) is 26.9 Å². The molecule has 0 aromatic carbocycles. The van der Waals surface area contributed by atoms with Crippen LogP contribution in [0.4, 0.5) is 0 Å². The Balaban J connectivity index is 0.000000960. The van der Waals surface area contributed by atoms with E-state index < -0.39 is 8.07 Å². The average Bonchev–Trinajstić information content (AvgIpc) is 3.07. The minimum absolute atomic E-state index is 0. The van der Waals surface area contributed by atoms with E-state index in [4.69, 9.17) is 0 Å². The van der Waals surface area contributed by atoms with Gasteiger partial charge in [0, 0.05) is 23.5 Å². The van der Waals surface area contributed by atoms with Crippen molar-refractivity contribution in [1.82, 2.24) is 0 Å². The number of aliphatic imine (C=N–C) groups is 2. The van der Waals surface area contributed by atoms with Crippen molar-refractivity contribution in [2.75, 3.05) is 0 Å². The average molecular weight is 453 g/mol. The van der Waals surface area contributed by atoms with Gasteiger partial charge in [-0.1, -0.05) is 13.1 Å². The van der Waals surface area contributed by atoms with Crippen LogP contribution in [0.3, 0.4) is 0 Å². The van der Waals surface area contributed by atoms with Crippen LogP contribution in [0.15, 0.2) is 79.4 Å². The summed E-state index contributed by atoms with van der Waals surface area (Å²) >= 11 is 0. The van der Waals surface area contributed by atoms with Crippen molar-refractivity contribution in [3.05, 3.63) is 69.4 Å². The molecule has 0 aromatic rings. The van der Waals surface area contributed by atoms with E-state index in [2.05, 4.69) is 61.2 Å². The van der Waals surface area contributed by atoms with Gasteiger partial charge in [0.25, 0.3) is 0 Å². The molecule has 0 spiro atoms. The zero-order valence-electron chi connectivity index (χ0n) is 14.1. The third-order valence-electron chi connectivity index (χ3n) is 4.75. The van der Waals surface area contributed by atoms with Crippen LogP contribution in [0.1, 0.15) is 13.8 Å². The van der Waals surface area contributed by atoms with E-state index in [1.165, 1.54) is 32.7 Å². The predicted molar refractivity (Wildman–Crippen MR) is 92.2 cm³/mol. The molecule has 2 aliphatic carbocycles. The molecule has 122 valence electrons. The molecule has 4 rings (SSSR count). The maximum atomic E-state index is 4.48. The van der Waals surface area contributed by atoms with Gasteiger partial charge in [0.05, 0.1) is 11.4 Å². The van der Waals surface area contributed by atoms with Gasteiger partial charge in [-0.05, 0) is 59.7 Å². The van der Waals surface area contributed by atoms with Crippen molar-refractivity contribution >= 4 is 19.5 Å². The van der Waals surface area contributed by atoms with Gasteiger partial charge in [0.15, 0.2) is 0 Å². The summed E-state index contributed by atoms with van der Waals surface area (Å²) in [5.74, 6) is 0. The Bertz CT molecular complexity index is 769. The van der Waals surface area contributed by atoms with Crippen molar-refractivity contribution < 1.29 is 51.0 Å². The Labute approximate surface area is 176 Å². The van der Waals surface area contributed by atoms with Gasteiger partial charge in [-0.2, -0.15) is 0 Å². The van der Waals surface area contributed by atoms with Gasteiger partial charge in [-0.3, -0.25) is 9.98 Å². The molecule has 24 heavy (non-hydrogen) atoms. The second kappa shape index (κ2) is 7.37. The molecule has 0 atom stereocenters. The van der Waals surface area contributed by atoms with Crippen molar-refractivity contribution in [1.29, 1.82) is 0 Å². The number of hydrogen-bond donors (Lipinski definition) is 0. The predicted octanol–water partition coefficient (Wildman–Crippen LogP) is -1.77. The van der Waals surface area contributed by atoms with Crippen LogP contribution in [-0.2, 0) is 26.2 Å². The molecule has 0 bridgehead atoms. The molecular formula is C18H18Cl2N2SiZr. The molecule has 0 fully saturated rings. The normalized spacial score (nSPS) is 19.8. The number of nitrogens with zero attached hydrogens (tertiary/aromatic N) is 2. The molecule has 2 heterocycles. The smallest absolute Gasteiger partial charge is 1.00 e. The monoisotopic (exact) mass is 450 g/mol. The zero-order chi connectivity index (χ0) is 14.8. The summed E-state index contributed by atoms with van der Waals surface area (Å²) in [6.45, 7) is 9.36. The van der Waals surface area contributed by atoms with E-state index in [0.717, 1.165) is 11.4 Å². The molecule has 2 aliphatic heterocycles. The minimum Gasteiger partial charge on any atom is -1.00 e. The van der Waals surface area contributed by atoms with Crippen LogP contribution in [0.2, 0.25) is 13.1 Å². The summed E-state index contributed by atoms with van der Waals surface area (Å²) in [6.07, 6.45) is 12.7. The third-order valence-corrected chi connectivity index (χ3v) is 8.57. The Hall–Kier alpha value is -0.540. The summed E-state index contributed by atoms with van der Waals surface area (Å²) in [6, 6.07) is 0. The Morgan fingerprint density at radius 3 is 1.50 bits per heavy atom. The van der Waals surface area contributed by atoms with E-state index in [0.29, 0.717) is 0 Å². The maximum absolute atomic E-state index is 4.48. The molecule has 0 saturated carbocycles. The van der Waals surface area contributed by atoms with Gasteiger partial charge in [-0.15, -0.1) is 0 Å². The summed E-state index contributed by atoms with van der Waals surface area (Å²) in [4.78, 5) is 8.96. The SMILES string of the molecule is CC1=CC2=NC=CC2=C1[Si](C)(C)C1=C2C=CN=C2C=C1C.[Cl-].[Cl-].[Zr+2]. The molecule has 0 amide bonds. The first-order valence-corrected chi connectivity index (χ1v) is 10.4. The van der Waals surface area contributed by atoms with E-state index in [9.17, 15) is 0 Å². The number of halogens is 2. The largest absolute Gasteiger partial charge is 2.00 e. The molecule has 0 aromatic heterocycles. The number of fused-ring (bicyclic) bond motifs is 2. The van der Waals surface area contributed by atoms with Crippen LogP contribution in [0.5, 0.6) is 0 Å². The second-order valence-electron chi connectivity index (χ2n) is 6.52. The van der Waals surface area contributed by atoms with Gasteiger partial charge in [0.1, 0.15) is 8.07 Å². The fraction of sp³-hybridized carbons (Fsp3) is 0.222. The third kappa shape index (κ3) is 2.92. The van der Waals surface area contributed by atoms with E-state index in [1.54, 1.807) is 0 Å². The first-order chi connectivity index (χ1) is 10.00. The number of allylic oxidation sites excluding steroid dienone is 10. The molecule has 0 saturated heterocycles. The number of hydrogen-bond acceptors (Lipinski definition) is 2. The van der Waals surface area contributed by atoms with E-state index >= 15 is 0 Å². The first kappa shape index (κ1) is 21.5.